The summed E-state index contributed by atoms with van der Waals surface area (Å²) in [5.74, 6) is 0.553. The van der Waals surface area contributed by atoms with Gasteiger partial charge in [-0.3, -0.25) is 0 Å². The molecule has 0 bridgehead atoms. The Morgan fingerprint density at radius 2 is 2.05 bits per heavy atom. The van der Waals surface area contributed by atoms with E-state index in [1.54, 1.807) is 6.92 Å². The number of rotatable bonds is 2. The molecule has 0 amide bonds. The summed E-state index contributed by atoms with van der Waals surface area (Å²) < 4.78 is 47.6. The molecule has 19 heavy (non-hydrogen) atoms. The molecule has 0 saturated carbocycles. The first-order valence-electron chi connectivity index (χ1n) is 5.95. The molecule has 1 aromatic rings. The van der Waals surface area contributed by atoms with Gasteiger partial charge in [-0.2, -0.15) is 0 Å². The van der Waals surface area contributed by atoms with Gasteiger partial charge in [-0.05, 0) is 42.7 Å². The monoisotopic (exact) mass is 288 g/mol. The van der Waals surface area contributed by atoms with Gasteiger partial charge in [0, 0.05) is 11.4 Å². The van der Waals surface area contributed by atoms with Crippen molar-refractivity contribution >= 4 is 20.4 Å². The summed E-state index contributed by atoms with van der Waals surface area (Å²) in [4.78, 5) is 0.913. The van der Waals surface area contributed by atoms with E-state index < -0.39 is 33.8 Å². The number of fused-ring (bicyclic) bond motifs is 1. The summed E-state index contributed by atoms with van der Waals surface area (Å²) in [7, 11) is -1.68. The molecule has 2 aliphatic rings. The number of nitrogens with one attached hydrogen (secondary N) is 2. The van der Waals surface area contributed by atoms with E-state index in [0.717, 1.165) is 4.99 Å². The molecule has 1 aliphatic carbocycles. The molecule has 104 valence electrons. The zero-order valence-corrected chi connectivity index (χ0v) is 11.5. The van der Waals surface area contributed by atoms with Crippen LogP contribution in [0.2, 0.25) is 0 Å². The van der Waals surface area contributed by atoms with Crippen LogP contribution < -0.4 is 9.44 Å². The maximum atomic E-state index is 14.2. The highest BCUT2D eigenvalue weighted by atomic mass is 32.2. The third-order valence-electron chi connectivity index (χ3n) is 3.69. The van der Waals surface area contributed by atoms with Gasteiger partial charge in [0.1, 0.15) is 11.9 Å². The Hall–Kier alpha value is -0.980. The minimum atomic E-state index is -2.91. The second-order valence-electron chi connectivity index (χ2n) is 5.18. The highest BCUT2D eigenvalue weighted by molar-refractivity contribution is 8.33. The molecule has 0 fully saturated rings. The van der Waals surface area contributed by atoms with Gasteiger partial charge in [-0.25, -0.2) is 22.6 Å². The molecule has 2 atom stereocenters. The van der Waals surface area contributed by atoms with Crippen LogP contribution in [0.15, 0.2) is 12.1 Å². The highest BCUT2D eigenvalue weighted by Gasteiger charge is 2.49. The molecular formula is C13H15F3N2S. The molecule has 0 spiro atoms. The van der Waals surface area contributed by atoms with E-state index in [4.69, 9.17) is 0 Å². The van der Waals surface area contributed by atoms with Crippen LogP contribution in [0.25, 0.3) is 0 Å². The van der Waals surface area contributed by atoms with E-state index in [2.05, 4.69) is 15.3 Å². The number of hydrogen-bond acceptors (Lipinski definition) is 2. The lowest BCUT2D eigenvalue weighted by molar-refractivity contribution is -0.0180. The van der Waals surface area contributed by atoms with Crippen molar-refractivity contribution in [2.75, 3.05) is 0 Å². The van der Waals surface area contributed by atoms with Crippen molar-refractivity contribution in [3.63, 3.8) is 0 Å². The number of hydrogen-bond donors (Lipinski definition) is 2. The Morgan fingerprint density at radius 3 is 2.63 bits per heavy atom. The van der Waals surface area contributed by atoms with Crippen LogP contribution in [0.4, 0.5) is 13.2 Å². The van der Waals surface area contributed by atoms with Crippen molar-refractivity contribution in [2.45, 2.75) is 32.2 Å². The summed E-state index contributed by atoms with van der Waals surface area (Å²) in [6, 6.07) is 1.41. The van der Waals surface area contributed by atoms with Crippen molar-refractivity contribution in [3.05, 3.63) is 34.6 Å². The van der Waals surface area contributed by atoms with Crippen LogP contribution in [0.3, 0.4) is 0 Å². The average molecular weight is 288 g/mol. The van der Waals surface area contributed by atoms with Crippen LogP contribution in [0.1, 0.15) is 29.7 Å². The molecule has 6 heteroatoms. The number of halogens is 3. The lowest BCUT2D eigenvalue weighted by atomic mass is 10.0. The molecule has 1 aromatic carbocycles. The zero-order valence-electron chi connectivity index (χ0n) is 10.7. The Bertz CT molecular complexity index is 687. The van der Waals surface area contributed by atoms with E-state index in [9.17, 15) is 13.2 Å². The van der Waals surface area contributed by atoms with Crippen LogP contribution >= 0.6 is 9.58 Å². The minimum Gasteiger partial charge on any atom is -0.249 e. The standard InChI is InChI=1S/C13H15F3N2S/c1-7-4-10(14)5-9-6-13(15,16)12(11(7)9)18-19(3)8(2)17-19/h4-5,12,17-18H,3,6H2,1-2H3. The van der Waals surface area contributed by atoms with Gasteiger partial charge in [0.25, 0.3) is 5.92 Å². The molecule has 0 aromatic heterocycles. The summed E-state index contributed by atoms with van der Waals surface area (Å²) in [5, 5.41) is 0. The normalized spacial score (nSPS) is 31.4. The van der Waals surface area contributed by atoms with Gasteiger partial charge >= 0.3 is 0 Å². The SMILES string of the molecule is C=S1(NC2c3c(C)cc(F)cc3CC2(F)F)=C(C)N1. The van der Waals surface area contributed by atoms with Gasteiger partial charge in [-0.15, -0.1) is 0 Å². The summed E-state index contributed by atoms with van der Waals surface area (Å²) in [6.45, 7) is 3.50. The first-order chi connectivity index (χ1) is 8.73. The first-order valence-corrected chi connectivity index (χ1v) is 7.75. The Kier molecular flexibility index (Phi) is 2.59. The van der Waals surface area contributed by atoms with Crippen molar-refractivity contribution in [1.82, 2.24) is 9.44 Å². The fraction of sp³-hybridized carbons (Fsp3) is 0.385. The predicted molar refractivity (Wildman–Crippen MR) is 74.2 cm³/mol. The third-order valence-corrected chi connectivity index (χ3v) is 5.93. The molecule has 1 aliphatic heterocycles. The van der Waals surface area contributed by atoms with Crippen molar-refractivity contribution < 1.29 is 13.2 Å². The number of benzene rings is 1. The lowest BCUT2D eigenvalue weighted by Crippen LogP contribution is -2.32. The molecule has 0 radical (unpaired) electrons. The van der Waals surface area contributed by atoms with Crippen LogP contribution in [-0.4, -0.2) is 16.8 Å². The smallest absolute Gasteiger partial charge is 0.249 e. The molecule has 0 saturated heterocycles. The van der Waals surface area contributed by atoms with E-state index in [1.165, 1.54) is 12.1 Å². The molecule has 3 rings (SSSR count). The van der Waals surface area contributed by atoms with Crippen LogP contribution in [-0.2, 0) is 6.42 Å². The number of aryl methyl sites for hydroxylation is 1. The first kappa shape index (κ1) is 13.0. The number of alkyl halides is 2. The van der Waals surface area contributed by atoms with E-state index in [0.29, 0.717) is 16.7 Å². The maximum absolute atomic E-state index is 14.2. The van der Waals surface area contributed by atoms with Gasteiger partial charge in [0.15, 0.2) is 0 Å². The van der Waals surface area contributed by atoms with Crippen molar-refractivity contribution in [2.24, 2.45) is 0 Å². The van der Waals surface area contributed by atoms with Gasteiger partial charge < -0.3 is 0 Å². The van der Waals surface area contributed by atoms with E-state index in [1.807, 2.05) is 6.92 Å². The average Bonchev–Trinajstić information content (AvgIpc) is 2.73. The van der Waals surface area contributed by atoms with Gasteiger partial charge in [0.05, 0.1) is 0 Å². The van der Waals surface area contributed by atoms with Gasteiger partial charge in [0.2, 0.25) is 0 Å². The topological polar surface area (TPSA) is 34.0 Å². The van der Waals surface area contributed by atoms with Crippen LogP contribution in [0, 0.1) is 12.7 Å². The Morgan fingerprint density at radius 1 is 1.42 bits per heavy atom. The highest BCUT2D eigenvalue weighted by Crippen LogP contribution is 2.48. The summed E-state index contributed by atoms with van der Waals surface area (Å²) in [6.07, 6.45) is -0.423. The Labute approximate surface area is 110 Å². The molecule has 2 nitrogen and oxygen atoms in total. The fourth-order valence-corrected chi connectivity index (χ4v) is 4.32. The molecule has 1 heterocycles. The Balaban J connectivity index is 2.08. The lowest BCUT2D eigenvalue weighted by Gasteiger charge is -2.22. The van der Waals surface area contributed by atoms with Crippen molar-refractivity contribution in [1.29, 1.82) is 0 Å². The largest absolute Gasteiger partial charge is 0.272 e. The predicted octanol–water partition coefficient (Wildman–Crippen LogP) is 2.78. The third kappa shape index (κ3) is 1.98. The quantitative estimate of drug-likeness (QED) is 0.821. The van der Waals surface area contributed by atoms with E-state index >= 15 is 0 Å². The van der Waals surface area contributed by atoms with Gasteiger partial charge in [-0.1, -0.05) is 15.4 Å². The second kappa shape index (κ2) is 3.77. The molecular weight excluding hydrogens is 273 g/mol. The molecule has 2 unspecified atom stereocenters. The summed E-state index contributed by atoms with van der Waals surface area (Å²) in [5.41, 5.74) is 1.47. The van der Waals surface area contributed by atoms with Crippen molar-refractivity contribution in [3.8, 4) is 0 Å². The van der Waals surface area contributed by atoms with Crippen LogP contribution in [0.5, 0.6) is 0 Å². The maximum Gasteiger partial charge on any atom is 0.272 e. The van der Waals surface area contributed by atoms with E-state index in [-0.39, 0.29) is 0 Å². The zero-order chi connectivity index (χ0) is 14.0. The minimum absolute atomic E-state index is 0.390. The molecule has 2 N–H and O–H groups in total. The second-order valence-corrected chi connectivity index (χ2v) is 7.71. The fourth-order valence-electron chi connectivity index (χ4n) is 2.64. The summed E-state index contributed by atoms with van der Waals surface area (Å²) >= 11 is 0.